The third-order valence-electron chi connectivity index (χ3n) is 3.17. The van der Waals surface area contributed by atoms with Crippen LogP contribution in [0.2, 0.25) is 0 Å². The molecular weight excluding hydrogens is 208 g/mol. The summed E-state index contributed by atoms with van der Waals surface area (Å²) in [7, 11) is 0. The van der Waals surface area contributed by atoms with Crippen molar-refractivity contribution in [3.63, 3.8) is 0 Å². The SMILES string of the molecule is CCNc1c(C)c(CC)nc2ccc(C)cc12. The van der Waals surface area contributed by atoms with Gasteiger partial charge in [0.1, 0.15) is 0 Å². The van der Waals surface area contributed by atoms with Crippen molar-refractivity contribution in [2.75, 3.05) is 11.9 Å². The highest BCUT2D eigenvalue weighted by molar-refractivity contribution is 5.93. The van der Waals surface area contributed by atoms with Gasteiger partial charge in [-0.25, -0.2) is 0 Å². The third-order valence-corrected chi connectivity index (χ3v) is 3.17. The van der Waals surface area contributed by atoms with E-state index in [4.69, 9.17) is 4.98 Å². The quantitative estimate of drug-likeness (QED) is 0.863. The van der Waals surface area contributed by atoms with Gasteiger partial charge >= 0.3 is 0 Å². The van der Waals surface area contributed by atoms with Crippen LogP contribution in [0.1, 0.15) is 30.7 Å². The number of benzene rings is 1. The molecular formula is C15H20N2. The molecule has 1 aromatic carbocycles. The van der Waals surface area contributed by atoms with Crippen LogP contribution in [-0.4, -0.2) is 11.5 Å². The fraction of sp³-hybridized carbons (Fsp3) is 0.400. The Kier molecular flexibility index (Phi) is 3.32. The molecule has 2 rings (SSSR count). The topological polar surface area (TPSA) is 24.9 Å². The van der Waals surface area contributed by atoms with E-state index < -0.39 is 0 Å². The van der Waals surface area contributed by atoms with Crippen molar-refractivity contribution in [3.05, 3.63) is 35.0 Å². The summed E-state index contributed by atoms with van der Waals surface area (Å²) in [4.78, 5) is 4.74. The van der Waals surface area contributed by atoms with E-state index in [9.17, 15) is 0 Å². The zero-order valence-corrected chi connectivity index (χ0v) is 11.1. The second-order valence-corrected chi connectivity index (χ2v) is 4.46. The van der Waals surface area contributed by atoms with E-state index in [1.807, 2.05) is 0 Å². The van der Waals surface area contributed by atoms with Crippen molar-refractivity contribution in [3.8, 4) is 0 Å². The predicted molar refractivity (Wildman–Crippen MR) is 74.8 cm³/mol. The Labute approximate surface area is 103 Å². The average Bonchev–Trinajstić information content (AvgIpc) is 2.33. The van der Waals surface area contributed by atoms with Gasteiger partial charge in [0.2, 0.25) is 0 Å². The molecule has 1 heterocycles. The Hall–Kier alpha value is -1.57. The van der Waals surface area contributed by atoms with E-state index in [1.54, 1.807) is 0 Å². The number of hydrogen-bond donors (Lipinski definition) is 1. The van der Waals surface area contributed by atoms with Crippen LogP contribution in [0.15, 0.2) is 18.2 Å². The average molecular weight is 228 g/mol. The molecule has 17 heavy (non-hydrogen) atoms. The first-order valence-corrected chi connectivity index (χ1v) is 6.31. The van der Waals surface area contributed by atoms with Crippen LogP contribution in [0.3, 0.4) is 0 Å². The number of nitrogens with zero attached hydrogens (tertiary/aromatic N) is 1. The zero-order valence-electron chi connectivity index (χ0n) is 11.1. The molecule has 0 saturated heterocycles. The van der Waals surface area contributed by atoms with E-state index in [0.717, 1.165) is 18.5 Å². The number of hydrogen-bond acceptors (Lipinski definition) is 2. The number of rotatable bonds is 3. The number of fused-ring (bicyclic) bond motifs is 1. The van der Waals surface area contributed by atoms with E-state index in [1.165, 1.54) is 27.9 Å². The van der Waals surface area contributed by atoms with Crippen molar-refractivity contribution in [2.24, 2.45) is 0 Å². The van der Waals surface area contributed by atoms with Crippen LogP contribution in [0, 0.1) is 13.8 Å². The van der Waals surface area contributed by atoms with Gasteiger partial charge in [-0.05, 0) is 44.9 Å². The summed E-state index contributed by atoms with van der Waals surface area (Å²) in [5.41, 5.74) is 6.10. The standard InChI is InChI=1S/C15H20N2/c1-5-13-11(4)15(16-6-2)12-9-10(3)7-8-14(12)17-13/h7-9H,5-6H2,1-4H3,(H,16,17). The molecule has 0 aliphatic heterocycles. The molecule has 1 aromatic heterocycles. The Morgan fingerprint density at radius 3 is 2.59 bits per heavy atom. The fourth-order valence-electron chi connectivity index (χ4n) is 2.27. The van der Waals surface area contributed by atoms with E-state index in [2.05, 4.69) is 51.2 Å². The smallest absolute Gasteiger partial charge is 0.0726 e. The summed E-state index contributed by atoms with van der Waals surface area (Å²) in [5.74, 6) is 0. The highest BCUT2D eigenvalue weighted by Gasteiger charge is 2.09. The predicted octanol–water partition coefficient (Wildman–Crippen LogP) is 3.85. The molecule has 0 saturated carbocycles. The van der Waals surface area contributed by atoms with Crippen LogP contribution in [0.5, 0.6) is 0 Å². The van der Waals surface area contributed by atoms with Gasteiger partial charge in [-0.1, -0.05) is 18.6 Å². The lowest BCUT2D eigenvalue weighted by Crippen LogP contribution is -2.04. The number of aromatic nitrogens is 1. The van der Waals surface area contributed by atoms with Gasteiger partial charge in [-0.2, -0.15) is 0 Å². The number of aryl methyl sites for hydroxylation is 2. The molecule has 0 unspecified atom stereocenters. The second kappa shape index (κ2) is 4.74. The summed E-state index contributed by atoms with van der Waals surface area (Å²) >= 11 is 0. The van der Waals surface area contributed by atoms with Crippen LogP contribution < -0.4 is 5.32 Å². The first-order chi connectivity index (χ1) is 8.17. The maximum absolute atomic E-state index is 4.74. The van der Waals surface area contributed by atoms with Crippen LogP contribution in [0.25, 0.3) is 10.9 Å². The minimum atomic E-state index is 0.942. The number of anilines is 1. The minimum Gasteiger partial charge on any atom is -0.385 e. The molecule has 2 aromatic rings. The van der Waals surface area contributed by atoms with Crippen molar-refractivity contribution < 1.29 is 0 Å². The Morgan fingerprint density at radius 2 is 1.94 bits per heavy atom. The van der Waals surface area contributed by atoms with E-state index >= 15 is 0 Å². The van der Waals surface area contributed by atoms with Crippen LogP contribution in [0.4, 0.5) is 5.69 Å². The molecule has 0 bridgehead atoms. The summed E-state index contributed by atoms with van der Waals surface area (Å²) < 4.78 is 0. The van der Waals surface area contributed by atoms with Crippen molar-refractivity contribution in [1.29, 1.82) is 0 Å². The molecule has 0 radical (unpaired) electrons. The molecule has 2 heteroatoms. The fourth-order valence-corrected chi connectivity index (χ4v) is 2.27. The van der Waals surface area contributed by atoms with Crippen molar-refractivity contribution >= 4 is 16.6 Å². The summed E-state index contributed by atoms with van der Waals surface area (Å²) in [5, 5.41) is 4.72. The van der Waals surface area contributed by atoms with Gasteiger partial charge in [0.05, 0.1) is 5.52 Å². The number of nitrogens with one attached hydrogen (secondary N) is 1. The van der Waals surface area contributed by atoms with Gasteiger partial charge in [0.25, 0.3) is 0 Å². The maximum Gasteiger partial charge on any atom is 0.0726 e. The van der Waals surface area contributed by atoms with E-state index in [0.29, 0.717) is 0 Å². The minimum absolute atomic E-state index is 0.942. The van der Waals surface area contributed by atoms with Gasteiger partial charge in [0, 0.05) is 23.3 Å². The van der Waals surface area contributed by atoms with Crippen LogP contribution in [-0.2, 0) is 6.42 Å². The van der Waals surface area contributed by atoms with Crippen molar-refractivity contribution in [1.82, 2.24) is 4.98 Å². The molecule has 0 aliphatic carbocycles. The summed E-state index contributed by atoms with van der Waals surface area (Å²) in [6.07, 6.45) is 0.980. The molecule has 90 valence electrons. The van der Waals surface area contributed by atoms with E-state index in [-0.39, 0.29) is 0 Å². The molecule has 1 N–H and O–H groups in total. The molecule has 0 spiro atoms. The van der Waals surface area contributed by atoms with Gasteiger partial charge in [-0.3, -0.25) is 4.98 Å². The highest BCUT2D eigenvalue weighted by Crippen LogP contribution is 2.29. The first kappa shape index (κ1) is 11.9. The highest BCUT2D eigenvalue weighted by atomic mass is 14.9. The monoisotopic (exact) mass is 228 g/mol. The molecule has 0 amide bonds. The Bertz CT molecular complexity index is 544. The van der Waals surface area contributed by atoms with Gasteiger partial charge in [0.15, 0.2) is 0 Å². The second-order valence-electron chi connectivity index (χ2n) is 4.46. The lowest BCUT2D eigenvalue weighted by molar-refractivity contribution is 1.03. The Morgan fingerprint density at radius 1 is 1.18 bits per heavy atom. The number of pyridine rings is 1. The van der Waals surface area contributed by atoms with Crippen molar-refractivity contribution in [2.45, 2.75) is 34.1 Å². The largest absolute Gasteiger partial charge is 0.385 e. The molecule has 0 aliphatic rings. The zero-order chi connectivity index (χ0) is 12.4. The first-order valence-electron chi connectivity index (χ1n) is 6.31. The van der Waals surface area contributed by atoms with Crippen LogP contribution >= 0.6 is 0 Å². The normalized spacial score (nSPS) is 10.8. The third kappa shape index (κ3) is 2.12. The molecule has 0 fully saturated rings. The molecule has 2 nitrogen and oxygen atoms in total. The molecule has 0 atom stereocenters. The lowest BCUT2D eigenvalue weighted by atomic mass is 10.0. The Balaban J connectivity index is 2.77. The maximum atomic E-state index is 4.74. The van der Waals surface area contributed by atoms with Gasteiger partial charge in [-0.15, -0.1) is 0 Å². The summed E-state index contributed by atoms with van der Waals surface area (Å²) in [6.45, 7) is 9.51. The lowest BCUT2D eigenvalue weighted by Gasteiger charge is -2.15. The summed E-state index contributed by atoms with van der Waals surface area (Å²) in [6, 6.07) is 6.46. The van der Waals surface area contributed by atoms with Gasteiger partial charge < -0.3 is 5.32 Å².